The molecule has 0 saturated carbocycles. The molecule has 5 N–H and O–H groups in total. The second-order valence-electron chi connectivity index (χ2n) is 7.99. The number of benzene rings is 3. The van der Waals surface area contributed by atoms with E-state index in [2.05, 4.69) is 20.6 Å². The van der Waals surface area contributed by atoms with Crippen LogP contribution in [0.2, 0.25) is 0 Å². The summed E-state index contributed by atoms with van der Waals surface area (Å²) in [7, 11) is 0. The normalized spacial score (nSPS) is 12.8. The van der Waals surface area contributed by atoms with E-state index in [-0.39, 0.29) is 11.8 Å². The van der Waals surface area contributed by atoms with Gasteiger partial charge in [0.05, 0.1) is 12.4 Å². The molecular weight excluding hydrogens is 414 g/mol. The van der Waals surface area contributed by atoms with Crippen LogP contribution in [0.4, 0.5) is 0 Å². The summed E-state index contributed by atoms with van der Waals surface area (Å²) in [6.07, 6.45) is 3.84. The summed E-state index contributed by atoms with van der Waals surface area (Å²) in [5.74, 6) is -0.639. The maximum absolute atomic E-state index is 13.1. The van der Waals surface area contributed by atoms with E-state index >= 15 is 0 Å². The van der Waals surface area contributed by atoms with Gasteiger partial charge >= 0.3 is 0 Å². The minimum absolute atomic E-state index is 0.256. The lowest BCUT2D eigenvalue weighted by Crippen LogP contribution is -2.53. The third kappa shape index (κ3) is 5.84. The minimum Gasteiger partial charge on any atom is -0.350 e. The smallest absolute Gasteiger partial charge is 0.243 e. The Kier molecular flexibility index (Phi) is 7.12. The molecule has 4 aromatic rings. The fourth-order valence-corrected chi connectivity index (χ4v) is 3.82. The highest BCUT2D eigenvalue weighted by Crippen LogP contribution is 2.18. The fourth-order valence-electron chi connectivity index (χ4n) is 3.82. The number of nitrogens with zero attached hydrogens (tertiary/aromatic N) is 1. The van der Waals surface area contributed by atoms with Crippen LogP contribution in [0.1, 0.15) is 16.8 Å². The molecule has 0 fully saturated rings. The Morgan fingerprint density at radius 2 is 1.67 bits per heavy atom. The van der Waals surface area contributed by atoms with E-state index in [0.717, 1.165) is 27.6 Å². The van der Waals surface area contributed by atoms with E-state index in [1.807, 2.05) is 72.8 Å². The monoisotopic (exact) mass is 441 g/mol. The van der Waals surface area contributed by atoms with Crippen LogP contribution in [0.25, 0.3) is 10.8 Å². The second-order valence-corrected chi connectivity index (χ2v) is 7.99. The first-order valence-electron chi connectivity index (χ1n) is 10.9. The van der Waals surface area contributed by atoms with Gasteiger partial charge in [0.15, 0.2) is 0 Å². The highest BCUT2D eigenvalue weighted by Gasteiger charge is 2.24. The number of carbonyl (C=O) groups is 2. The van der Waals surface area contributed by atoms with Crippen molar-refractivity contribution < 1.29 is 9.59 Å². The van der Waals surface area contributed by atoms with Crippen molar-refractivity contribution in [3.63, 3.8) is 0 Å². The standard InChI is InChI=1S/C26H27N5O2/c27-23(14-21-16-28-17-30-21)25(32)31-24(13-18-7-2-1-3-8-18)26(33)29-15-20-11-6-10-19-9-4-5-12-22(19)20/h1-12,16-17,23-24H,13-15,27H2,(H,28,30)(H,29,33)(H,31,32)/t23-,24-/m0/s1. The number of imidazole rings is 1. The molecular formula is C26H27N5O2. The van der Waals surface area contributed by atoms with Gasteiger partial charge in [-0.3, -0.25) is 9.59 Å². The lowest BCUT2D eigenvalue weighted by Gasteiger charge is -2.21. The van der Waals surface area contributed by atoms with Crippen molar-refractivity contribution in [2.75, 3.05) is 0 Å². The summed E-state index contributed by atoms with van der Waals surface area (Å²) in [5, 5.41) is 8.03. The van der Waals surface area contributed by atoms with Crippen molar-refractivity contribution in [2.24, 2.45) is 5.73 Å². The number of aromatic nitrogens is 2. The first-order valence-corrected chi connectivity index (χ1v) is 10.9. The van der Waals surface area contributed by atoms with E-state index in [1.54, 1.807) is 12.5 Å². The number of nitrogens with two attached hydrogens (primary N) is 1. The Labute approximate surface area is 192 Å². The summed E-state index contributed by atoms with van der Waals surface area (Å²) in [6.45, 7) is 0.363. The molecule has 0 saturated heterocycles. The average molecular weight is 442 g/mol. The molecule has 4 rings (SSSR count). The Hall–Kier alpha value is -3.97. The Morgan fingerprint density at radius 3 is 2.45 bits per heavy atom. The quantitative estimate of drug-likeness (QED) is 0.320. The van der Waals surface area contributed by atoms with Crippen LogP contribution in [0.5, 0.6) is 0 Å². The predicted octanol–water partition coefficient (Wildman–Crippen LogP) is 2.48. The average Bonchev–Trinajstić information content (AvgIpc) is 3.35. The van der Waals surface area contributed by atoms with E-state index in [4.69, 9.17) is 5.73 Å². The Balaban J connectivity index is 1.46. The first-order chi connectivity index (χ1) is 16.1. The molecule has 0 spiro atoms. The number of hydrogen-bond donors (Lipinski definition) is 4. The van der Waals surface area contributed by atoms with Crippen LogP contribution >= 0.6 is 0 Å². The van der Waals surface area contributed by atoms with Crippen molar-refractivity contribution in [3.05, 3.63) is 102 Å². The maximum atomic E-state index is 13.1. The van der Waals surface area contributed by atoms with Crippen LogP contribution in [0.15, 0.2) is 85.3 Å². The minimum atomic E-state index is -0.797. The van der Waals surface area contributed by atoms with Gasteiger partial charge in [-0.1, -0.05) is 72.8 Å². The number of hydrogen-bond acceptors (Lipinski definition) is 4. The fraction of sp³-hybridized carbons (Fsp3) is 0.192. The third-order valence-corrected chi connectivity index (χ3v) is 5.58. The molecule has 7 heteroatoms. The SMILES string of the molecule is N[C@@H](Cc1cnc[nH]1)C(=O)N[C@@H](Cc1ccccc1)C(=O)NCc1cccc2ccccc12. The largest absolute Gasteiger partial charge is 0.350 e. The topological polar surface area (TPSA) is 113 Å². The summed E-state index contributed by atoms with van der Waals surface area (Å²) >= 11 is 0. The lowest BCUT2D eigenvalue weighted by molar-refractivity contribution is -0.129. The summed E-state index contributed by atoms with van der Waals surface area (Å²) in [6, 6.07) is 22.1. The molecule has 1 aromatic heterocycles. The number of aromatic amines is 1. The van der Waals surface area contributed by atoms with Gasteiger partial charge in [0.2, 0.25) is 11.8 Å². The van der Waals surface area contributed by atoms with Crippen molar-refractivity contribution >= 4 is 22.6 Å². The molecule has 0 bridgehead atoms. The second kappa shape index (κ2) is 10.6. The van der Waals surface area contributed by atoms with Crippen LogP contribution in [-0.4, -0.2) is 33.9 Å². The highest BCUT2D eigenvalue weighted by atomic mass is 16.2. The van der Waals surface area contributed by atoms with Gasteiger partial charge in [-0.2, -0.15) is 0 Å². The molecule has 0 unspecified atom stereocenters. The molecule has 0 aliphatic rings. The third-order valence-electron chi connectivity index (χ3n) is 5.58. The molecule has 2 amide bonds. The number of H-pyrrole nitrogens is 1. The van der Waals surface area contributed by atoms with Gasteiger partial charge < -0.3 is 21.4 Å². The number of carbonyl (C=O) groups excluding carboxylic acids is 2. The highest BCUT2D eigenvalue weighted by molar-refractivity contribution is 5.90. The van der Waals surface area contributed by atoms with Gasteiger partial charge in [0.25, 0.3) is 0 Å². The molecule has 168 valence electrons. The van der Waals surface area contributed by atoms with Gasteiger partial charge in [-0.15, -0.1) is 0 Å². The zero-order valence-corrected chi connectivity index (χ0v) is 18.2. The van der Waals surface area contributed by atoms with Crippen molar-refractivity contribution in [1.82, 2.24) is 20.6 Å². The molecule has 2 atom stereocenters. The zero-order chi connectivity index (χ0) is 23.0. The summed E-state index contributed by atoms with van der Waals surface area (Å²) in [5.41, 5.74) is 8.81. The van der Waals surface area contributed by atoms with Crippen molar-refractivity contribution in [2.45, 2.75) is 31.5 Å². The Bertz CT molecular complexity index is 1200. The van der Waals surface area contributed by atoms with Gasteiger partial charge in [-0.25, -0.2) is 4.98 Å². The summed E-state index contributed by atoms with van der Waals surface area (Å²) in [4.78, 5) is 32.8. The number of rotatable bonds is 9. The molecule has 7 nitrogen and oxygen atoms in total. The number of fused-ring (bicyclic) bond motifs is 1. The lowest BCUT2D eigenvalue weighted by atomic mass is 10.0. The zero-order valence-electron chi connectivity index (χ0n) is 18.2. The van der Waals surface area contributed by atoms with Crippen molar-refractivity contribution in [3.8, 4) is 0 Å². The molecule has 33 heavy (non-hydrogen) atoms. The van der Waals surface area contributed by atoms with E-state index in [0.29, 0.717) is 19.4 Å². The molecule has 0 aliphatic carbocycles. The maximum Gasteiger partial charge on any atom is 0.243 e. The predicted molar refractivity (Wildman–Crippen MR) is 128 cm³/mol. The Morgan fingerprint density at radius 1 is 0.909 bits per heavy atom. The van der Waals surface area contributed by atoms with Crippen LogP contribution in [0, 0.1) is 0 Å². The van der Waals surface area contributed by atoms with Gasteiger partial charge in [-0.05, 0) is 21.9 Å². The molecule has 1 heterocycles. The van der Waals surface area contributed by atoms with E-state index in [1.165, 1.54) is 0 Å². The van der Waals surface area contributed by atoms with E-state index in [9.17, 15) is 9.59 Å². The molecule has 3 aromatic carbocycles. The number of amides is 2. The van der Waals surface area contributed by atoms with Gasteiger partial charge in [0.1, 0.15) is 6.04 Å². The number of nitrogens with one attached hydrogen (secondary N) is 3. The van der Waals surface area contributed by atoms with Crippen molar-refractivity contribution in [1.29, 1.82) is 0 Å². The van der Waals surface area contributed by atoms with Gasteiger partial charge in [0, 0.05) is 31.3 Å². The summed E-state index contributed by atoms with van der Waals surface area (Å²) < 4.78 is 0. The molecule has 0 radical (unpaired) electrons. The van der Waals surface area contributed by atoms with E-state index < -0.39 is 12.1 Å². The first kappa shape index (κ1) is 22.2. The molecule has 0 aliphatic heterocycles. The van der Waals surface area contributed by atoms with Crippen LogP contribution in [0.3, 0.4) is 0 Å². The van der Waals surface area contributed by atoms with Crippen LogP contribution in [-0.2, 0) is 29.0 Å². The van der Waals surface area contributed by atoms with Crippen LogP contribution < -0.4 is 16.4 Å².